The summed E-state index contributed by atoms with van der Waals surface area (Å²) in [5.74, 6) is 0. The third kappa shape index (κ3) is 5.41. The molecule has 0 atom stereocenters. The zero-order chi connectivity index (χ0) is 48.2. The zero-order valence-corrected chi connectivity index (χ0v) is 40.2. The molecule has 17 rings (SSSR count). The summed E-state index contributed by atoms with van der Waals surface area (Å²) >= 11 is 0. The van der Waals surface area contributed by atoms with Crippen LogP contribution in [-0.4, -0.2) is 0 Å². The van der Waals surface area contributed by atoms with E-state index in [-0.39, 0.29) is 0 Å². The van der Waals surface area contributed by atoms with Gasteiger partial charge >= 0.3 is 0 Å². The molecule has 0 amide bonds. The first-order valence-corrected chi connectivity index (χ1v) is 25.9. The van der Waals surface area contributed by atoms with Gasteiger partial charge < -0.3 is 0 Å². The highest BCUT2D eigenvalue weighted by Gasteiger charge is 2.23. The van der Waals surface area contributed by atoms with E-state index in [0.29, 0.717) is 0 Å². The van der Waals surface area contributed by atoms with Gasteiger partial charge in [-0.05, 0) is 210 Å². The number of hydrogen-bond donors (Lipinski definition) is 0. The molecule has 0 radical (unpaired) electrons. The molecule has 17 aromatic rings. The molecule has 0 aliphatic rings. The first-order chi connectivity index (χ1) is 36.7. The minimum atomic E-state index is 1.24. The fourth-order valence-electron chi connectivity index (χ4n) is 13.8. The third-order valence-corrected chi connectivity index (χ3v) is 16.8. The second kappa shape index (κ2) is 15.0. The van der Waals surface area contributed by atoms with Gasteiger partial charge in [-0.3, -0.25) is 0 Å². The maximum absolute atomic E-state index is 2.52. The Morgan fingerprint density at radius 3 is 0.892 bits per heavy atom. The van der Waals surface area contributed by atoms with Crippen LogP contribution in [0.2, 0.25) is 0 Å². The average molecular weight is 931 g/mol. The molecule has 0 aliphatic heterocycles. The van der Waals surface area contributed by atoms with E-state index in [1.165, 1.54) is 174 Å². The molecule has 338 valence electrons. The largest absolute Gasteiger partial charge is 0.0622 e. The van der Waals surface area contributed by atoms with E-state index < -0.39 is 0 Å². The summed E-state index contributed by atoms with van der Waals surface area (Å²) in [6.45, 7) is 0. The first-order valence-electron chi connectivity index (χ1n) is 25.9. The lowest BCUT2D eigenvalue weighted by Gasteiger charge is -2.18. The second-order valence-corrected chi connectivity index (χ2v) is 20.5. The van der Waals surface area contributed by atoms with Crippen LogP contribution in [-0.2, 0) is 0 Å². The summed E-state index contributed by atoms with van der Waals surface area (Å²) < 4.78 is 0. The standard InChI is InChI=1S/C74H42/c1-3-17-43(18-4-1)69-50-21-7-11-25-54(50)71(55-26-12-8-22-51(55)69)46-34-33-45-38-64-63(40-48(45)37-46)59-30-16-32-61-65-41-67-49-36-35-47(39-62(49)58-29-15-31-60(73(58)67)66(65)42-68(64)74(59)61)72-56-27-13-9-23-52(56)70(44-19-5-2-6-20-44)53-24-10-14-28-57(53)72/h1-42H. The predicted octanol–water partition coefficient (Wildman–Crippen LogP) is 21.1. The lowest BCUT2D eigenvalue weighted by molar-refractivity contribution is 1.66. The third-order valence-electron chi connectivity index (χ3n) is 16.8. The molecule has 17 aromatic carbocycles. The maximum atomic E-state index is 2.52. The van der Waals surface area contributed by atoms with Crippen LogP contribution < -0.4 is 0 Å². The van der Waals surface area contributed by atoms with Gasteiger partial charge in [-0.1, -0.05) is 218 Å². The van der Waals surface area contributed by atoms with Gasteiger partial charge in [0.25, 0.3) is 0 Å². The van der Waals surface area contributed by atoms with Crippen molar-refractivity contribution in [1.29, 1.82) is 0 Å². The Hall–Kier alpha value is -9.62. The molecule has 0 spiro atoms. The average Bonchev–Trinajstić information content (AvgIpc) is 3.96. The Morgan fingerprint density at radius 2 is 0.446 bits per heavy atom. The van der Waals surface area contributed by atoms with Crippen LogP contribution in [0.4, 0.5) is 0 Å². The van der Waals surface area contributed by atoms with Gasteiger partial charge in [-0.25, -0.2) is 0 Å². The molecule has 0 aromatic heterocycles. The SMILES string of the molecule is c1ccc(-c2c3ccccc3c(-c3ccc4cc5c(cc4c3)c3cccc4c6cc7c8ccc(-c9c%10ccccc%10c(-c%10ccccc%10)c%10ccccc9%10)cc8c8cccc(c6cc5c34)c87)c3ccccc23)cc1. The summed E-state index contributed by atoms with van der Waals surface area (Å²) in [4.78, 5) is 0. The molecule has 0 aliphatic carbocycles. The van der Waals surface area contributed by atoms with Crippen molar-refractivity contribution in [1.82, 2.24) is 0 Å². The Bertz CT molecular complexity index is 5100. The van der Waals surface area contributed by atoms with Crippen molar-refractivity contribution >= 4 is 129 Å². The summed E-state index contributed by atoms with van der Waals surface area (Å²) in [6.07, 6.45) is 0. The molecule has 0 heterocycles. The molecule has 0 fully saturated rings. The van der Waals surface area contributed by atoms with Crippen molar-refractivity contribution < 1.29 is 0 Å². The van der Waals surface area contributed by atoms with Crippen molar-refractivity contribution in [2.45, 2.75) is 0 Å². The minimum absolute atomic E-state index is 1.24. The molecule has 0 heteroatoms. The Kier molecular flexibility index (Phi) is 8.09. The molecular weight excluding hydrogens is 889 g/mol. The van der Waals surface area contributed by atoms with Gasteiger partial charge in [-0.15, -0.1) is 0 Å². The number of benzene rings is 15. The summed E-state index contributed by atoms with van der Waals surface area (Å²) in [7, 11) is 0. The Labute approximate surface area is 426 Å². The van der Waals surface area contributed by atoms with Crippen molar-refractivity contribution in [3.63, 3.8) is 0 Å². The van der Waals surface area contributed by atoms with Gasteiger partial charge in [0, 0.05) is 0 Å². The van der Waals surface area contributed by atoms with Crippen molar-refractivity contribution in [3.05, 3.63) is 255 Å². The first kappa shape index (κ1) is 40.0. The zero-order valence-electron chi connectivity index (χ0n) is 40.2. The quantitative estimate of drug-likeness (QED) is 0.122. The van der Waals surface area contributed by atoms with Crippen LogP contribution in [0.1, 0.15) is 0 Å². The maximum Gasteiger partial charge on any atom is -0.00199 e. The van der Waals surface area contributed by atoms with Crippen LogP contribution in [0.5, 0.6) is 0 Å². The van der Waals surface area contributed by atoms with E-state index in [1.807, 2.05) is 0 Å². The van der Waals surface area contributed by atoms with Crippen LogP contribution in [0.25, 0.3) is 174 Å². The van der Waals surface area contributed by atoms with E-state index in [0.717, 1.165) is 0 Å². The Morgan fingerprint density at radius 1 is 0.135 bits per heavy atom. The monoisotopic (exact) mass is 930 g/mol. The highest BCUT2D eigenvalue weighted by Crippen LogP contribution is 2.51. The van der Waals surface area contributed by atoms with Crippen molar-refractivity contribution in [3.8, 4) is 44.5 Å². The Balaban J connectivity index is 0.869. The number of fused-ring (bicyclic) bond motifs is 14. The molecule has 0 saturated carbocycles. The van der Waals surface area contributed by atoms with E-state index in [9.17, 15) is 0 Å². The summed E-state index contributed by atoms with van der Waals surface area (Å²) in [6, 6.07) is 96.0. The molecule has 0 saturated heterocycles. The van der Waals surface area contributed by atoms with Crippen LogP contribution >= 0.6 is 0 Å². The normalized spacial score (nSPS) is 12.3. The molecule has 0 bridgehead atoms. The van der Waals surface area contributed by atoms with Gasteiger partial charge in [0.1, 0.15) is 0 Å². The van der Waals surface area contributed by atoms with Crippen molar-refractivity contribution in [2.24, 2.45) is 0 Å². The highest BCUT2D eigenvalue weighted by atomic mass is 14.3. The lowest BCUT2D eigenvalue weighted by Crippen LogP contribution is -1.90. The van der Waals surface area contributed by atoms with Crippen molar-refractivity contribution in [2.75, 3.05) is 0 Å². The van der Waals surface area contributed by atoms with E-state index in [4.69, 9.17) is 0 Å². The van der Waals surface area contributed by atoms with E-state index >= 15 is 0 Å². The highest BCUT2D eigenvalue weighted by molar-refractivity contribution is 6.42. The van der Waals surface area contributed by atoms with Crippen LogP contribution in [0.3, 0.4) is 0 Å². The fourth-order valence-corrected chi connectivity index (χ4v) is 13.8. The smallest absolute Gasteiger partial charge is 0.00199 e. The van der Waals surface area contributed by atoms with Gasteiger partial charge in [0.05, 0.1) is 0 Å². The second-order valence-electron chi connectivity index (χ2n) is 20.5. The lowest BCUT2D eigenvalue weighted by atomic mass is 9.85. The molecule has 0 unspecified atom stereocenters. The fraction of sp³-hybridized carbons (Fsp3) is 0. The molecule has 0 nitrogen and oxygen atoms in total. The summed E-state index contributed by atoms with van der Waals surface area (Å²) in [5.41, 5.74) is 10.1. The molecule has 0 N–H and O–H groups in total. The van der Waals surface area contributed by atoms with Gasteiger partial charge in [-0.2, -0.15) is 0 Å². The number of rotatable bonds is 4. The molecular formula is C74H42. The van der Waals surface area contributed by atoms with Crippen LogP contribution in [0, 0.1) is 0 Å². The molecule has 74 heavy (non-hydrogen) atoms. The van der Waals surface area contributed by atoms with Crippen LogP contribution in [0.15, 0.2) is 255 Å². The minimum Gasteiger partial charge on any atom is -0.0622 e. The van der Waals surface area contributed by atoms with Gasteiger partial charge in [0.2, 0.25) is 0 Å². The predicted molar refractivity (Wildman–Crippen MR) is 321 cm³/mol. The van der Waals surface area contributed by atoms with E-state index in [1.54, 1.807) is 0 Å². The number of hydrogen-bond acceptors (Lipinski definition) is 0. The van der Waals surface area contributed by atoms with Gasteiger partial charge in [0.15, 0.2) is 0 Å². The van der Waals surface area contributed by atoms with E-state index in [2.05, 4.69) is 255 Å². The topological polar surface area (TPSA) is 0 Å². The summed E-state index contributed by atoms with van der Waals surface area (Å²) in [5, 5.41) is 31.2.